The van der Waals surface area contributed by atoms with Crippen molar-refractivity contribution >= 4 is 18.3 Å². The molecule has 7 heteroatoms. The number of amides is 1. The van der Waals surface area contributed by atoms with Crippen molar-refractivity contribution in [3.8, 4) is 0 Å². The summed E-state index contributed by atoms with van der Waals surface area (Å²) in [5.74, 6) is 0.671. The average Bonchev–Trinajstić information content (AvgIpc) is 3.11. The van der Waals surface area contributed by atoms with E-state index in [0.29, 0.717) is 18.3 Å². The number of nitrogens with one attached hydrogen (secondary N) is 2. The molecule has 26 heavy (non-hydrogen) atoms. The van der Waals surface area contributed by atoms with Crippen molar-refractivity contribution in [2.24, 2.45) is 5.92 Å². The van der Waals surface area contributed by atoms with Gasteiger partial charge in [-0.05, 0) is 64.6 Å². The van der Waals surface area contributed by atoms with Crippen LogP contribution in [-0.2, 0) is 0 Å². The molecule has 0 radical (unpaired) electrons. The summed E-state index contributed by atoms with van der Waals surface area (Å²) in [5, 5.41) is 11.0. The number of likely N-dealkylation sites (tertiary alicyclic amines) is 1. The van der Waals surface area contributed by atoms with Crippen LogP contribution in [0.15, 0.2) is 12.3 Å². The van der Waals surface area contributed by atoms with Crippen LogP contribution in [-0.4, -0.2) is 58.9 Å². The highest BCUT2D eigenvalue weighted by Crippen LogP contribution is 2.23. The first-order chi connectivity index (χ1) is 12.0. The number of hydrogen-bond acceptors (Lipinski definition) is 4. The summed E-state index contributed by atoms with van der Waals surface area (Å²) in [4.78, 5) is 15.0. The van der Waals surface area contributed by atoms with Gasteiger partial charge in [0.25, 0.3) is 5.91 Å². The van der Waals surface area contributed by atoms with Crippen molar-refractivity contribution in [3.63, 3.8) is 0 Å². The van der Waals surface area contributed by atoms with Crippen LogP contribution >= 0.6 is 12.4 Å². The highest BCUT2D eigenvalue weighted by Gasteiger charge is 2.30. The first-order valence-electron chi connectivity index (χ1n) is 9.75. The van der Waals surface area contributed by atoms with Gasteiger partial charge in [-0.25, -0.2) is 0 Å². The van der Waals surface area contributed by atoms with Gasteiger partial charge in [0.15, 0.2) is 0 Å². The SMILES string of the molecule is CC1CCCN(C(C)(C)CNC(=O)c2ccn(C3CCCNC3)n2)C1.Cl. The second-order valence-corrected chi connectivity index (χ2v) is 8.37. The molecule has 3 rings (SSSR count). The minimum atomic E-state index is -0.0688. The third-order valence-electron chi connectivity index (χ3n) is 5.68. The molecule has 0 saturated carbocycles. The monoisotopic (exact) mass is 383 g/mol. The van der Waals surface area contributed by atoms with E-state index in [4.69, 9.17) is 0 Å². The molecule has 2 aliphatic rings. The predicted octanol–water partition coefficient (Wildman–Crippen LogP) is 2.47. The maximum absolute atomic E-state index is 12.5. The lowest BCUT2D eigenvalue weighted by molar-refractivity contribution is 0.0655. The van der Waals surface area contributed by atoms with E-state index in [1.807, 2.05) is 16.9 Å². The lowest BCUT2D eigenvalue weighted by atomic mass is 9.93. The Morgan fingerprint density at radius 3 is 2.88 bits per heavy atom. The van der Waals surface area contributed by atoms with Gasteiger partial charge in [0.1, 0.15) is 5.69 Å². The number of nitrogens with zero attached hydrogens (tertiary/aromatic N) is 3. The van der Waals surface area contributed by atoms with Crippen LogP contribution in [0.1, 0.15) is 63.0 Å². The van der Waals surface area contributed by atoms with Crippen LogP contribution in [0, 0.1) is 5.92 Å². The largest absolute Gasteiger partial charge is 0.349 e. The van der Waals surface area contributed by atoms with Crippen molar-refractivity contribution < 1.29 is 4.79 Å². The Kier molecular flexibility index (Phi) is 7.50. The molecule has 6 nitrogen and oxygen atoms in total. The molecule has 2 fully saturated rings. The zero-order chi connectivity index (χ0) is 17.9. The Bertz CT molecular complexity index is 582. The molecule has 0 spiro atoms. The topological polar surface area (TPSA) is 62.2 Å². The van der Waals surface area contributed by atoms with Crippen molar-refractivity contribution in [2.45, 2.75) is 58.0 Å². The third kappa shape index (κ3) is 5.21. The fourth-order valence-corrected chi connectivity index (χ4v) is 3.96. The summed E-state index contributed by atoms with van der Waals surface area (Å²) in [6.45, 7) is 11.7. The lowest BCUT2D eigenvalue weighted by Gasteiger charge is -2.43. The molecule has 148 valence electrons. The Balaban J connectivity index is 0.00000243. The van der Waals surface area contributed by atoms with E-state index in [1.165, 1.54) is 12.8 Å². The van der Waals surface area contributed by atoms with E-state index < -0.39 is 0 Å². The Labute approximate surface area is 163 Å². The van der Waals surface area contributed by atoms with E-state index in [-0.39, 0.29) is 23.9 Å². The number of carbonyl (C=O) groups is 1. The van der Waals surface area contributed by atoms with Gasteiger partial charge in [0, 0.05) is 31.4 Å². The number of piperidine rings is 2. The maximum Gasteiger partial charge on any atom is 0.271 e. The lowest BCUT2D eigenvalue weighted by Crippen LogP contribution is -2.54. The van der Waals surface area contributed by atoms with Gasteiger partial charge in [0.2, 0.25) is 0 Å². The highest BCUT2D eigenvalue weighted by molar-refractivity contribution is 5.92. The smallest absolute Gasteiger partial charge is 0.271 e. The van der Waals surface area contributed by atoms with Crippen molar-refractivity contribution in [1.82, 2.24) is 25.3 Å². The summed E-state index contributed by atoms with van der Waals surface area (Å²) in [5.41, 5.74) is 0.494. The maximum atomic E-state index is 12.5. The molecular formula is C19H34ClN5O. The van der Waals surface area contributed by atoms with Gasteiger partial charge in [-0.2, -0.15) is 5.10 Å². The van der Waals surface area contributed by atoms with Gasteiger partial charge >= 0.3 is 0 Å². The Hall–Kier alpha value is -1.11. The normalized spacial score (nSPS) is 24.7. The summed E-state index contributed by atoms with van der Waals surface area (Å²) < 4.78 is 1.94. The predicted molar refractivity (Wildman–Crippen MR) is 107 cm³/mol. The average molecular weight is 384 g/mol. The van der Waals surface area contributed by atoms with Crippen LogP contribution in [0.2, 0.25) is 0 Å². The van der Waals surface area contributed by atoms with E-state index in [2.05, 4.69) is 41.4 Å². The Morgan fingerprint density at radius 2 is 2.19 bits per heavy atom. The molecule has 1 amide bonds. The molecule has 0 bridgehead atoms. The molecular weight excluding hydrogens is 350 g/mol. The Morgan fingerprint density at radius 1 is 1.38 bits per heavy atom. The fourth-order valence-electron chi connectivity index (χ4n) is 3.96. The number of rotatable bonds is 5. The van der Waals surface area contributed by atoms with Crippen LogP contribution in [0.25, 0.3) is 0 Å². The van der Waals surface area contributed by atoms with E-state index >= 15 is 0 Å². The van der Waals surface area contributed by atoms with Gasteiger partial charge in [-0.1, -0.05) is 6.92 Å². The molecule has 2 saturated heterocycles. The van der Waals surface area contributed by atoms with Gasteiger partial charge in [-0.3, -0.25) is 14.4 Å². The summed E-state index contributed by atoms with van der Waals surface area (Å²) in [6.07, 6.45) is 6.78. The van der Waals surface area contributed by atoms with Crippen LogP contribution in [0.4, 0.5) is 0 Å². The standard InChI is InChI=1S/C19H33N5O.ClH/c1-15-6-5-10-23(13-15)19(2,3)14-21-18(25)17-8-11-24(22-17)16-7-4-9-20-12-16;/h8,11,15-16,20H,4-7,9-10,12-14H2,1-3H3,(H,21,25);1H. The van der Waals surface area contributed by atoms with E-state index in [1.54, 1.807) is 0 Å². The van der Waals surface area contributed by atoms with Crippen molar-refractivity contribution in [2.75, 3.05) is 32.7 Å². The van der Waals surface area contributed by atoms with Crippen molar-refractivity contribution in [1.29, 1.82) is 0 Å². The molecule has 1 aromatic heterocycles. The zero-order valence-corrected chi connectivity index (χ0v) is 17.1. The second-order valence-electron chi connectivity index (χ2n) is 8.37. The number of carbonyl (C=O) groups excluding carboxylic acids is 1. The van der Waals surface area contributed by atoms with Crippen LogP contribution in [0.3, 0.4) is 0 Å². The second kappa shape index (κ2) is 9.20. The molecule has 0 aromatic carbocycles. The summed E-state index contributed by atoms with van der Waals surface area (Å²) in [6, 6.07) is 2.20. The van der Waals surface area contributed by atoms with Crippen LogP contribution < -0.4 is 10.6 Å². The number of halogens is 1. The third-order valence-corrected chi connectivity index (χ3v) is 5.68. The highest BCUT2D eigenvalue weighted by atomic mass is 35.5. The molecule has 2 aliphatic heterocycles. The first-order valence-corrected chi connectivity index (χ1v) is 9.75. The number of aromatic nitrogens is 2. The molecule has 2 atom stereocenters. The minimum Gasteiger partial charge on any atom is -0.349 e. The van der Waals surface area contributed by atoms with E-state index in [9.17, 15) is 4.79 Å². The van der Waals surface area contributed by atoms with E-state index in [0.717, 1.165) is 44.9 Å². The van der Waals surface area contributed by atoms with Gasteiger partial charge < -0.3 is 10.6 Å². The molecule has 2 unspecified atom stereocenters. The van der Waals surface area contributed by atoms with Gasteiger partial charge in [0.05, 0.1) is 6.04 Å². The number of hydrogen-bond donors (Lipinski definition) is 2. The fraction of sp³-hybridized carbons (Fsp3) is 0.789. The summed E-state index contributed by atoms with van der Waals surface area (Å²) >= 11 is 0. The minimum absolute atomic E-state index is 0. The molecule has 0 aliphatic carbocycles. The molecule has 2 N–H and O–H groups in total. The van der Waals surface area contributed by atoms with Crippen LogP contribution in [0.5, 0.6) is 0 Å². The molecule has 1 aromatic rings. The molecule has 3 heterocycles. The first kappa shape index (κ1) is 21.2. The summed E-state index contributed by atoms with van der Waals surface area (Å²) in [7, 11) is 0. The quantitative estimate of drug-likeness (QED) is 0.819. The van der Waals surface area contributed by atoms with Gasteiger partial charge in [-0.15, -0.1) is 12.4 Å². The zero-order valence-electron chi connectivity index (χ0n) is 16.3. The van der Waals surface area contributed by atoms with Crippen molar-refractivity contribution in [3.05, 3.63) is 18.0 Å².